The molecule has 0 saturated heterocycles. The summed E-state index contributed by atoms with van der Waals surface area (Å²) in [4.78, 5) is 0.831. The van der Waals surface area contributed by atoms with Crippen molar-refractivity contribution in [2.45, 2.75) is 25.7 Å². The van der Waals surface area contributed by atoms with Crippen LogP contribution in [0.3, 0.4) is 0 Å². The fourth-order valence-electron chi connectivity index (χ4n) is 2.11. The fraction of sp³-hybridized carbons (Fsp3) is 0.286. The van der Waals surface area contributed by atoms with E-state index in [2.05, 4.69) is 62.7 Å². The molecule has 1 aliphatic rings. The molecule has 0 N–H and O–H groups in total. The second-order valence-corrected chi connectivity index (χ2v) is 7.11. The third kappa shape index (κ3) is 2.52. The van der Waals surface area contributed by atoms with Crippen molar-refractivity contribution < 1.29 is 4.52 Å². The second kappa shape index (κ2) is 5.26. The molecule has 0 aliphatic heterocycles. The maximum absolute atomic E-state index is 5.64. The average Bonchev–Trinajstić information content (AvgIpc) is 3.13. The predicted molar refractivity (Wildman–Crippen MR) is 90.9 cm³/mol. The van der Waals surface area contributed by atoms with Gasteiger partial charge in [0.25, 0.3) is 0 Å². The van der Waals surface area contributed by atoms with Crippen LogP contribution in [0.4, 0.5) is 0 Å². The zero-order valence-corrected chi connectivity index (χ0v) is 14.8. The van der Waals surface area contributed by atoms with E-state index in [0.29, 0.717) is 5.92 Å². The van der Waals surface area contributed by atoms with E-state index in [4.69, 9.17) is 16.7 Å². The Kier molecular flexibility index (Phi) is 3.79. The summed E-state index contributed by atoms with van der Waals surface area (Å²) >= 11 is 11.6. The first-order valence-corrected chi connectivity index (χ1v) is 8.31. The molecule has 2 nitrogen and oxygen atoms in total. The SMILES string of the molecule is Cc1c(C(=S)c2conc2C2CC2)ccc(I)c1Br. The monoisotopic (exact) mass is 447 g/mol. The molecule has 1 aromatic carbocycles. The van der Waals surface area contributed by atoms with Gasteiger partial charge in [0.05, 0.1) is 16.1 Å². The topological polar surface area (TPSA) is 26.0 Å². The fourth-order valence-corrected chi connectivity index (χ4v) is 3.41. The highest BCUT2D eigenvalue weighted by atomic mass is 127. The van der Waals surface area contributed by atoms with Crippen LogP contribution in [-0.4, -0.2) is 10.0 Å². The van der Waals surface area contributed by atoms with Crippen LogP contribution in [0, 0.1) is 10.5 Å². The molecular formula is C14H11BrINOS. The molecule has 98 valence electrons. The normalized spacial score (nSPS) is 14.7. The van der Waals surface area contributed by atoms with Crippen molar-refractivity contribution in [3.05, 3.63) is 48.8 Å². The number of halogens is 2. The van der Waals surface area contributed by atoms with Crippen molar-refractivity contribution in [2.24, 2.45) is 0 Å². The van der Waals surface area contributed by atoms with E-state index in [9.17, 15) is 0 Å². The first-order valence-electron chi connectivity index (χ1n) is 6.03. The van der Waals surface area contributed by atoms with Gasteiger partial charge in [0, 0.05) is 14.0 Å². The van der Waals surface area contributed by atoms with Crippen LogP contribution in [0.2, 0.25) is 0 Å². The van der Waals surface area contributed by atoms with Gasteiger partial charge in [-0.15, -0.1) is 0 Å². The van der Waals surface area contributed by atoms with Gasteiger partial charge in [-0.3, -0.25) is 0 Å². The molecule has 1 aromatic heterocycles. The molecule has 0 unspecified atom stereocenters. The van der Waals surface area contributed by atoms with Gasteiger partial charge in [-0.05, 0) is 75.5 Å². The molecule has 0 spiro atoms. The Bertz CT molecular complexity index is 663. The zero-order chi connectivity index (χ0) is 13.6. The minimum atomic E-state index is 0.541. The van der Waals surface area contributed by atoms with Gasteiger partial charge in [0.15, 0.2) is 0 Å². The highest BCUT2D eigenvalue weighted by Crippen LogP contribution is 2.41. The zero-order valence-electron chi connectivity index (χ0n) is 10.2. The van der Waals surface area contributed by atoms with Gasteiger partial charge < -0.3 is 4.52 Å². The van der Waals surface area contributed by atoms with Crippen LogP contribution in [-0.2, 0) is 0 Å². The number of hydrogen-bond acceptors (Lipinski definition) is 3. The highest BCUT2D eigenvalue weighted by molar-refractivity contribution is 14.1. The van der Waals surface area contributed by atoms with Crippen molar-refractivity contribution >= 4 is 55.6 Å². The standard InChI is InChI=1S/C14H11BrINOS/c1-7-9(4-5-11(16)12(7)15)14(19)10-6-18-17-13(10)8-2-3-8/h4-6,8H,2-3H2,1H3. The minimum Gasteiger partial charge on any atom is -0.364 e. The predicted octanol–water partition coefficient (Wildman–Crippen LogP) is 4.99. The molecule has 5 heteroatoms. The van der Waals surface area contributed by atoms with Crippen LogP contribution in [0.15, 0.2) is 27.4 Å². The molecular weight excluding hydrogens is 437 g/mol. The smallest absolute Gasteiger partial charge is 0.132 e. The van der Waals surface area contributed by atoms with Gasteiger partial charge in [-0.1, -0.05) is 23.4 Å². The molecule has 1 heterocycles. The van der Waals surface area contributed by atoms with E-state index in [-0.39, 0.29) is 0 Å². The van der Waals surface area contributed by atoms with Crippen molar-refractivity contribution in [1.29, 1.82) is 0 Å². The highest BCUT2D eigenvalue weighted by Gasteiger charge is 2.31. The third-order valence-electron chi connectivity index (χ3n) is 3.39. The van der Waals surface area contributed by atoms with E-state index >= 15 is 0 Å². The number of rotatable bonds is 3. The van der Waals surface area contributed by atoms with E-state index in [0.717, 1.165) is 26.2 Å². The second-order valence-electron chi connectivity index (χ2n) is 4.75. The molecule has 1 fully saturated rings. The molecule has 0 radical (unpaired) electrons. The lowest BCUT2D eigenvalue weighted by molar-refractivity contribution is 0.412. The van der Waals surface area contributed by atoms with Gasteiger partial charge in [-0.25, -0.2) is 0 Å². The maximum atomic E-state index is 5.64. The summed E-state index contributed by atoms with van der Waals surface area (Å²) in [6, 6.07) is 4.15. The lowest BCUT2D eigenvalue weighted by atomic mass is 9.99. The van der Waals surface area contributed by atoms with Crippen LogP contribution >= 0.6 is 50.7 Å². The van der Waals surface area contributed by atoms with Crippen LogP contribution in [0.5, 0.6) is 0 Å². The quantitative estimate of drug-likeness (QED) is 0.376. The molecule has 3 rings (SSSR count). The molecule has 0 atom stereocenters. The molecule has 0 bridgehead atoms. The summed E-state index contributed by atoms with van der Waals surface area (Å²) in [7, 11) is 0. The Hall–Kier alpha value is -0.270. The Morgan fingerprint density at radius 1 is 1.42 bits per heavy atom. The molecule has 1 saturated carbocycles. The van der Waals surface area contributed by atoms with Crippen molar-refractivity contribution in [1.82, 2.24) is 5.16 Å². The number of thiocarbonyl (C=S) groups is 1. The Labute approximate surface area is 139 Å². The minimum absolute atomic E-state index is 0.541. The molecule has 2 aromatic rings. The first kappa shape index (κ1) is 13.7. The largest absolute Gasteiger partial charge is 0.364 e. The third-order valence-corrected chi connectivity index (χ3v) is 6.49. The van der Waals surface area contributed by atoms with Gasteiger partial charge in [0.1, 0.15) is 6.26 Å². The number of aromatic nitrogens is 1. The summed E-state index contributed by atoms with van der Waals surface area (Å²) < 4.78 is 7.43. The Morgan fingerprint density at radius 3 is 2.84 bits per heavy atom. The lowest BCUT2D eigenvalue weighted by Gasteiger charge is -2.10. The summed E-state index contributed by atoms with van der Waals surface area (Å²) in [6.07, 6.45) is 4.07. The van der Waals surface area contributed by atoms with Crippen LogP contribution in [0.25, 0.3) is 0 Å². The summed E-state index contributed by atoms with van der Waals surface area (Å²) in [5.74, 6) is 0.541. The van der Waals surface area contributed by atoms with Gasteiger partial charge in [-0.2, -0.15) is 0 Å². The summed E-state index contributed by atoms with van der Waals surface area (Å²) in [5, 5.41) is 4.12. The van der Waals surface area contributed by atoms with E-state index in [1.165, 1.54) is 22.0 Å². The number of nitrogens with zero attached hydrogens (tertiary/aromatic N) is 1. The van der Waals surface area contributed by atoms with Gasteiger partial charge in [0.2, 0.25) is 0 Å². The molecule has 1 aliphatic carbocycles. The van der Waals surface area contributed by atoms with E-state index in [1.807, 2.05) is 0 Å². The first-order chi connectivity index (χ1) is 9.09. The Morgan fingerprint density at radius 2 is 2.16 bits per heavy atom. The summed E-state index contributed by atoms with van der Waals surface area (Å²) in [6.45, 7) is 2.08. The van der Waals surface area contributed by atoms with Crippen molar-refractivity contribution in [3.8, 4) is 0 Å². The van der Waals surface area contributed by atoms with Crippen molar-refractivity contribution in [2.75, 3.05) is 0 Å². The number of hydrogen-bond donors (Lipinski definition) is 0. The van der Waals surface area contributed by atoms with Crippen LogP contribution in [0.1, 0.15) is 41.1 Å². The number of benzene rings is 1. The van der Waals surface area contributed by atoms with Crippen molar-refractivity contribution in [3.63, 3.8) is 0 Å². The average molecular weight is 448 g/mol. The summed E-state index contributed by atoms with van der Waals surface area (Å²) in [5.41, 5.74) is 4.25. The van der Waals surface area contributed by atoms with E-state index in [1.54, 1.807) is 6.26 Å². The Balaban J connectivity index is 2.04. The van der Waals surface area contributed by atoms with E-state index < -0.39 is 0 Å². The van der Waals surface area contributed by atoms with Crippen LogP contribution < -0.4 is 0 Å². The molecule has 19 heavy (non-hydrogen) atoms. The maximum Gasteiger partial charge on any atom is 0.132 e. The molecule has 0 amide bonds. The lowest BCUT2D eigenvalue weighted by Crippen LogP contribution is -2.05. The van der Waals surface area contributed by atoms with Gasteiger partial charge >= 0.3 is 0 Å².